The van der Waals surface area contributed by atoms with Crippen LogP contribution in [0.2, 0.25) is 0 Å². The standard InChI is InChI=1S/C18H20BrN3O3S/c1-25-17(24)13-6-9-21(10-7-13)16(23)12-26-18-20-8-11-22(18)15-4-2-14(19)3-5-15/h2-5,8,11,13H,6-7,9-10,12H2,1H3. The van der Waals surface area contributed by atoms with E-state index in [1.807, 2.05) is 39.9 Å². The molecule has 1 amide bonds. The summed E-state index contributed by atoms with van der Waals surface area (Å²) in [5, 5.41) is 0.783. The van der Waals surface area contributed by atoms with Crippen molar-refractivity contribution in [3.63, 3.8) is 0 Å². The number of hydrogen-bond acceptors (Lipinski definition) is 5. The van der Waals surface area contributed by atoms with E-state index in [2.05, 4.69) is 20.9 Å². The molecule has 1 saturated heterocycles. The zero-order valence-corrected chi connectivity index (χ0v) is 16.8. The van der Waals surface area contributed by atoms with Crippen LogP contribution in [-0.4, -0.2) is 52.3 Å². The third-order valence-electron chi connectivity index (χ3n) is 4.42. The number of likely N-dealkylation sites (tertiary alicyclic amines) is 1. The molecule has 1 aliphatic heterocycles. The van der Waals surface area contributed by atoms with Crippen molar-refractivity contribution >= 4 is 39.6 Å². The quantitative estimate of drug-likeness (QED) is 0.530. The average molecular weight is 438 g/mol. The van der Waals surface area contributed by atoms with Gasteiger partial charge in [-0.15, -0.1) is 0 Å². The molecule has 1 aromatic carbocycles. The lowest BCUT2D eigenvalue weighted by atomic mass is 9.97. The van der Waals surface area contributed by atoms with Crippen molar-refractivity contribution in [2.75, 3.05) is 26.0 Å². The van der Waals surface area contributed by atoms with Crippen molar-refractivity contribution in [3.8, 4) is 5.69 Å². The summed E-state index contributed by atoms with van der Waals surface area (Å²) in [5.74, 6) is 0.135. The van der Waals surface area contributed by atoms with Crippen molar-refractivity contribution < 1.29 is 14.3 Å². The summed E-state index contributed by atoms with van der Waals surface area (Å²) in [4.78, 5) is 30.2. The highest BCUT2D eigenvalue weighted by Crippen LogP contribution is 2.24. The monoisotopic (exact) mass is 437 g/mol. The lowest BCUT2D eigenvalue weighted by Crippen LogP contribution is -2.41. The minimum absolute atomic E-state index is 0.0728. The molecule has 2 heterocycles. The van der Waals surface area contributed by atoms with Gasteiger partial charge in [0, 0.05) is 35.6 Å². The molecular formula is C18H20BrN3O3S. The third-order valence-corrected chi connectivity index (χ3v) is 5.90. The van der Waals surface area contributed by atoms with E-state index in [0.29, 0.717) is 31.7 Å². The van der Waals surface area contributed by atoms with E-state index in [-0.39, 0.29) is 17.8 Å². The van der Waals surface area contributed by atoms with Gasteiger partial charge in [-0.1, -0.05) is 27.7 Å². The van der Waals surface area contributed by atoms with E-state index in [1.54, 1.807) is 6.20 Å². The Bertz CT molecular complexity index is 770. The van der Waals surface area contributed by atoms with Crippen molar-refractivity contribution in [2.24, 2.45) is 5.92 Å². The summed E-state index contributed by atoms with van der Waals surface area (Å²) in [6.07, 6.45) is 4.95. The molecular weight excluding hydrogens is 418 g/mol. The van der Waals surface area contributed by atoms with Gasteiger partial charge >= 0.3 is 5.97 Å². The molecule has 0 saturated carbocycles. The Morgan fingerprint density at radius 2 is 1.96 bits per heavy atom. The smallest absolute Gasteiger partial charge is 0.308 e. The Kier molecular flexibility index (Phi) is 6.37. The zero-order chi connectivity index (χ0) is 18.5. The molecule has 1 aromatic heterocycles. The number of benzene rings is 1. The predicted molar refractivity (Wildman–Crippen MR) is 103 cm³/mol. The van der Waals surface area contributed by atoms with Crippen LogP contribution in [-0.2, 0) is 14.3 Å². The Morgan fingerprint density at radius 3 is 2.62 bits per heavy atom. The fraction of sp³-hybridized carbons (Fsp3) is 0.389. The topological polar surface area (TPSA) is 64.4 Å². The number of thioether (sulfide) groups is 1. The minimum atomic E-state index is -0.178. The number of imidazole rings is 1. The zero-order valence-electron chi connectivity index (χ0n) is 14.4. The highest BCUT2D eigenvalue weighted by atomic mass is 79.9. The molecule has 138 valence electrons. The van der Waals surface area contributed by atoms with Crippen molar-refractivity contribution in [1.82, 2.24) is 14.5 Å². The molecule has 0 bridgehead atoms. The fourth-order valence-corrected chi connectivity index (χ4v) is 4.08. The van der Waals surface area contributed by atoms with Crippen molar-refractivity contribution in [2.45, 2.75) is 18.0 Å². The number of halogens is 1. The molecule has 2 aromatic rings. The maximum absolute atomic E-state index is 12.5. The maximum atomic E-state index is 12.5. The van der Waals surface area contributed by atoms with Crippen LogP contribution >= 0.6 is 27.7 Å². The Balaban J connectivity index is 1.55. The molecule has 0 unspecified atom stereocenters. The van der Waals surface area contributed by atoms with Gasteiger partial charge in [-0.2, -0.15) is 0 Å². The van der Waals surface area contributed by atoms with Crippen LogP contribution in [0.25, 0.3) is 5.69 Å². The third kappa shape index (κ3) is 4.48. The van der Waals surface area contributed by atoms with Crippen LogP contribution in [0.3, 0.4) is 0 Å². The van der Waals surface area contributed by atoms with E-state index in [4.69, 9.17) is 4.74 Å². The van der Waals surface area contributed by atoms with E-state index in [9.17, 15) is 9.59 Å². The van der Waals surface area contributed by atoms with Gasteiger partial charge in [0.2, 0.25) is 5.91 Å². The second-order valence-corrected chi connectivity index (χ2v) is 7.88. The summed E-state index contributed by atoms with van der Waals surface area (Å²) in [7, 11) is 1.41. The maximum Gasteiger partial charge on any atom is 0.308 e. The van der Waals surface area contributed by atoms with Crippen LogP contribution < -0.4 is 0 Å². The SMILES string of the molecule is COC(=O)C1CCN(C(=O)CSc2nccn2-c2ccc(Br)cc2)CC1. The number of ether oxygens (including phenoxy) is 1. The molecule has 1 fully saturated rings. The molecule has 26 heavy (non-hydrogen) atoms. The van der Waals surface area contributed by atoms with Crippen LogP contribution in [0.1, 0.15) is 12.8 Å². The molecule has 0 N–H and O–H groups in total. The Hall–Kier alpha value is -1.80. The lowest BCUT2D eigenvalue weighted by Gasteiger charge is -2.30. The van der Waals surface area contributed by atoms with Crippen LogP contribution in [0.15, 0.2) is 46.3 Å². The summed E-state index contributed by atoms with van der Waals surface area (Å²) < 4.78 is 7.77. The number of nitrogens with zero attached hydrogens (tertiary/aromatic N) is 3. The van der Waals surface area contributed by atoms with Gasteiger partial charge in [-0.05, 0) is 37.1 Å². The van der Waals surface area contributed by atoms with Crippen LogP contribution in [0.5, 0.6) is 0 Å². The number of amides is 1. The van der Waals surface area contributed by atoms with Gasteiger partial charge in [0.15, 0.2) is 5.16 Å². The van der Waals surface area contributed by atoms with E-state index in [1.165, 1.54) is 18.9 Å². The summed E-state index contributed by atoms with van der Waals surface area (Å²) in [5.41, 5.74) is 1.000. The van der Waals surface area contributed by atoms with Gasteiger partial charge < -0.3 is 9.64 Å². The largest absolute Gasteiger partial charge is 0.469 e. The van der Waals surface area contributed by atoms with E-state index in [0.717, 1.165) is 15.3 Å². The average Bonchev–Trinajstić information content (AvgIpc) is 3.14. The first-order valence-electron chi connectivity index (χ1n) is 8.36. The first-order valence-corrected chi connectivity index (χ1v) is 10.1. The number of aromatic nitrogens is 2. The number of methoxy groups -OCH3 is 1. The number of esters is 1. The van der Waals surface area contributed by atoms with Crippen molar-refractivity contribution in [1.29, 1.82) is 0 Å². The first kappa shape index (κ1) is 19.0. The van der Waals surface area contributed by atoms with Crippen LogP contribution in [0, 0.1) is 5.92 Å². The van der Waals surface area contributed by atoms with Crippen molar-refractivity contribution in [3.05, 3.63) is 41.1 Å². The van der Waals surface area contributed by atoms with Gasteiger partial charge in [0.25, 0.3) is 0 Å². The first-order chi connectivity index (χ1) is 12.6. The number of hydrogen-bond donors (Lipinski definition) is 0. The minimum Gasteiger partial charge on any atom is -0.469 e. The van der Waals surface area contributed by atoms with Gasteiger partial charge in [-0.25, -0.2) is 4.98 Å². The lowest BCUT2D eigenvalue weighted by molar-refractivity contribution is -0.148. The number of carbonyl (C=O) groups excluding carboxylic acids is 2. The predicted octanol–water partition coefficient (Wildman–Crippen LogP) is 3.14. The van der Waals surface area contributed by atoms with Gasteiger partial charge in [0.1, 0.15) is 0 Å². The molecule has 0 spiro atoms. The molecule has 1 aliphatic rings. The Morgan fingerprint density at radius 1 is 1.27 bits per heavy atom. The molecule has 0 atom stereocenters. The molecule has 0 radical (unpaired) electrons. The summed E-state index contributed by atoms with van der Waals surface area (Å²) >= 11 is 4.85. The molecule has 3 rings (SSSR count). The number of piperidine rings is 1. The number of carbonyl (C=O) groups is 2. The normalized spacial score (nSPS) is 15.1. The molecule has 0 aliphatic carbocycles. The molecule has 6 nitrogen and oxygen atoms in total. The fourth-order valence-electron chi connectivity index (χ4n) is 2.94. The van der Waals surface area contributed by atoms with E-state index < -0.39 is 0 Å². The van der Waals surface area contributed by atoms with Crippen LogP contribution in [0.4, 0.5) is 0 Å². The number of rotatable bonds is 5. The van der Waals surface area contributed by atoms with E-state index >= 15 is 0 Å². The summed E-state index contributed by atoms with van der Waals surface area (Å²) in [6, 6.07) is 7.94. The molecule has 8 heteroatoms. The second kappa shape index (κ2) is 8.73. The summed E-state index contributed by atoms with van der Waals surface area (Å²) in [6.45, 7) is 1.20. The van der Waals surface area contributed by atoms with Gasteiger partial charge in [0.05, 0.1) is 18.8 Å². The van der Waals surface area contributed by atoms with Gasteiger partial charge in [-0.3, -0.25) is 14.2 Å². The highest BCUT2D eigenvalue weighted by molar-refractivity contribution is 9.10. The Labute approximate surface area is 165 Å². The highest BCUT2D eigenvalue weighted by Gasteiger charge is 2.27. The second-order valence-electron chi connectivity index (χ2n) is 6.02.